The molecule has 0 spiro atoms. The number of halogens is 1. The molecule has 0 aliphatic heterocycles. The number of nitrogen functional groups attached to an aromatic ring is 1. The summed E-state index contributed by atoms with van der Waals surface area (Å²) in [4.78, 5) is 4.34. The minimum atomic E-state index is 0.0357. The van der Waals surface area contributed by atoms with Crippen molar-refractivity contribution in [2.75, 3.05) is 0 Å². The molecule has 3 N–H and O–H groups in total. The highest BCUT2D eigenvalue weighted by Gasteiger charge is 2.05. The Bertz CT molecular complexity index is 546. The molecule has 0 aliphatic carbocycles. The second kappa shape index (κ2) is 4.20. The van der Waals surface area contributed by atoms with Crippen LogP contribution in [0.15, 0.2) is 24.5 Å². The number of nitrogens with one attached hydrogen (secondary N) is 1. The molecule has 0 amide bonds. The smallest absolute Gasteiger partial charge is 0.154 e. The largest absolute Gasteiger partial charge is 0.384 e. The van der Waals surface area contributed by atoms with E-state index in [1.807, 2.05) is 13.1 Å². The summed E-state index contributed by atoms with van der Waals surface area (Å²) >= 11 is 2.18. The van der Waals surface area contributed by atoms with Gasteiger partial charge in [0.15, 0.2) is 5.82 Å². The molecule has 0 bridgehead atoms. The molecule has 0 fully saturated rings. The van der Waals surface area contributed by atoms with Gasteiger partial charge in [-0.3, -0.25) is 5.41 Å². The maximum Gasteiger partial charge on any atom is 0.154 e. The van der Waals surface area contributed by atoms with E-state index in [0.717, 1.165) is 9.26 Å². The molecule has 0 saturated heterocycles. The van der Waals surface area contributed by atoms with Crippen molar-refractivity contribution >= 4 is 28.4 Å². The molecule has 5 nitrogen and oxygen atoms in total. The van der Waals surface area contributed by atoms with Crippen LogP contribution >= 0.6 is 22.6 Å². The molecule has 16 heavy (non-hydrogen) atoms. The molecule has 0 atom stereocenters. The van der Waals surface area contributed by atoms with Gasteiger partial charge in [0.1, 0.15) is 5.84 Å². The first kappa shape index (κ1) is 11.1. The van der Waals surface area contributed by atoms with Gasteiger partial charge < -0.3 is 5.73 Å². The number of amidine groups is 1. The van der Waals surface area contributed by atoms with Crippen LogP contribution in [0.4, 0.5) is 0 Å². The van der Waals surface area contributed by atoms with Gasteiger partial charge in [-0.1, -0.05) is 0 Å². The van der Waals surface area contributed by atoms with E-state index in [0.29, 0.717) is 11.4 Å². The number of aromatic nitrogens is 3. The predicted octanol–water partition coefficient (Wildman–Crippen LogP) is 1.46. The van der Waals surface area contributed by atoms with Gasteiger partial charge in [0, 0.05) is 17.5 Å². The Hall–Kier alpha value is -1.44. The summed E-state index contributed by atoms with van der Waals surface area (Å²) in [6.07, 6.45) is 3.62. The number of hydrogen-bond donors (Lipinski definition) is 2. The molecule has 0 saturated carbocycles. The van der Waals surface area contributed by atoms with Crippen molar-refractivity contribution in [2.45, 2.75) is 6.92 Å². The second-order valence-corrected chi connectivity index (χ2v) is 4.62. The summed E-state index contributed by atoms with van der Waals surface area (Å²) < 4.78 is 2.70. The molecule has 0 radical (unpaired) electrons. The van der Waals surface area contributed by atoms with E-state index in [1.54, 1.807) is 23.0 Å². The van der Waals surface area contributed by atoms with E-state index in [9.17, 15) is 0 Å². The summed E-state index contributed by atoms with van der Waals surface area (Å²) in [6.45, 7) is 1.87. The highest BCUT2D eigenvalue weighted by atomic mass is 127. The maximum absolute atomic E-state index is 7.42. The van der Waals surface area contributed by atoms with Gasteiger partial charge in [0.2, 0.25) is 0 Å². The normalized spacial score (nSPS) is 10.4. The van der Waals surface area contributed by atoms with Crippen molar-refractivity contribution in [3.63, 3.8) is 0 Å². The fourth-order valence-corrected chi connectivity index (χ4v) is 1.74. The zero-order valence-electron chi connectivity index (χ0n) is 8.61. The average Bonchev–Trinajstić information content (AvgIpc) is 2.64. The Morgan fingerprint density at radius 3 is 2.81 bits per heavy atom. The monoisotopic (exact) mass is 327 g/mol. The fraction of sp³-hybridized carbons (Fsp3) is 0.100. The van der Waals surface area contributed by atoms with Crippen LogP contribution in [-0.4, -0.2) is 20.6 Å². The van der Waals surface area contributed by atoms with Crippen LogP contribution in [0.3, 0.4) is 0 Å². The lowest BCUT2D eigenvalue weighted by Crippen LogP contribution is -2.13. The van der Waals surface area contributed by atoms with Crippen molar-refractivity contribution in [2.24, 2.45) is 5.73 Å². The van der Waals surface area contributed by atoms with E-state index in [4.69, 9.17) is 11.1 Å². The standard InChI is InChI=1S/C10H10IN5/c1-6-2-7(10(12)13)3-9(15-6)16-5-8(11)4-14-16/h2-5H,1H3,(H3,12,13). The second-order valence-electron chi connectivity index (χ2n) is 3.37. The molecular weight excluding hydrogens is 317 g/mol. The Labute approximate surface area is 106 Å². The summed E-state index contributed by atoms with van der Waals surface area (Å²) in [7, 11) is 0. The van der Waals surface area contributed by atoms with E-state index < -0.39 is 0 Å². The quantitative estimate of drug-likeness (QED) is 0.498. The van der Waals surface area contributed by atoms with Crippen molar-refractivity contribution in [3.8, 4) is 5.82 Å². The molecule has 2 aromatic rings. The highest BCUT2D eigenvalue weighted by molar-refractivity contribution is 14.1. The Balaban J connectivity index is 2.53. The first-order valence-corrected chi connectivity index (χ1v) is 5.68. The number of hydrogen-bond acceptors (Lipinski definition) is 3. The highest BCUT2D eigenvalue weighted by Crippen LogP contribution is 2.11. The average molecular weight is 327 g/mol. The summed E-state index contributed by atoms with van der Waals surface area (Å²) in [5, 5.41) is 11.6. The van der Waals surface area contributed by atoms with E-state index in [1.165, 1.54) is 0 Å². The molecule has 2 heterocycles. The lowest BCUT2D eigenvalue weighted by molar-refractivity contribution is 0.840. The predicted molar refractivity (Wildman–Crippen MR) is 69.8 cm³/mol. The SMILES string of the molecule is Cc1cc(C(=N)N)cc(-n2cc(I)cn2)n1. The third kappa shape index (κ3) is 2.21. The lowest BCUT2D eigenvalue weighted by atomic mass is 10.2. The molecule has 0 unspecified atom stereocenters. The van der Waals surface area contributed by atoms with E-state index >= 15 is 0 Å². The van der Waals surface area contributed by atoms with Gasteiger partial charge in [-0.2, -0.15) is 5.10 Å². The summed E-state index contributed by atoms with van der Waals surface area (Å²) in [6, 6.07) is 3.53. The minimum absolute atomic E-state index is 0.0357. The van der Waals surface area contributed by atoms with Gasteiger partial charge in [0.25, 0.3) is 0 Å². The maximum atomic E-state index is 7.42. The van der Waals surface area contributed by atoms with Gasteiger partial charge in [-0.05, 0) is 41.6 Å². The topological polar surface area (TPSA) is 80.6 Å². The number of pyridine rings is 1. The van der Waals surface area contributed by atoms with Gasteiger partial charge in [-0.15, -0.1) is 0 Å². The van der Waals surface area contributed by atoms with E-state index in [2.05, 4.69) is 32.7 Å². The first-order chi connectivity index (χ1) is 7.56. The number of nitrogens with zero attached hydrogens (tertiary/aromatic N) is 3. The van der Waals surface area contributed by atoms with Crippen LogP contribution in [-0.2, 0) is 0 Å². The molecule has 2 aromatic heterocycles. The summed E-state index contributed by atoms with van der Waals surface area (Å²) in [5.74, 6) is 0.710. The van der Waals surface area contributed by atoms with Gasteiger partial charge >= 0.3 is 0 Å². The zero-order valence-corrected chi connectivity index (χ0v) is 10.8. The molecule has 2 rings (SSSR count). The van der Waals surface area contributed by atoms with Crippen LogP contribution in [0.5, 0.6) is 0 Å². The molecule has 82 valence electrons. The van der Waals surface area contributed by atoms with Crippen molar-refractivity contribution in [3.05, 3.63) is 39.4 Å². The Morgan fingerprint density at radius 2 is 2.25 bits per heavy atom. The lowest BCUT2D eigenvalue weighted by Gasteiger charge is -2.05. The number of aryl methyl sites for hydroxylation is 1. The van der Waals surface area contributed by atoms with Crippen LogP contribution < -0.4 is 5.73 Å². The molecule has 0 aliphatic rings. The third-order valence-corrected chi connectivity index (χ3v) is 2.59. The summed E-state index contributed by atoms with van der Waals surface area (Å²) in [5.41, 5.74) is 6.93. The van der Waals surface area contributed by atoms with E-state index in [-0.39, 0.29) is 5.84 Å². The number of nitrogens with two attached hydrogens (primary N) is 1. The van der Waals surface area contributed by atoms with Gasteiger partial charge in [0.05, 0.1) is 9.77 Å². The van der Waals surface area contributed by atoms with Gasteiger partial charge in [-0.25, -0.2) is 9.67 Å². The molecular formula is C10H10IN5. The third-order valence-electron chi connectivity index (χ3n) is 2.04. The Kier molecular flexibility index (Phi) is 2.90. The van der Waals surface area contributed by atoms with Crippen LogP contribution in [0.25, 0.3) is 5.82 Å². The van der Waals surface area contributed by atoms with Crippen LogP contribution in [0.2, 0.25) is 0 Å². The first-order valence-electron chi connectivity index (χ1n) is 4.60. The molecule has 0 aromatic carbocycles. The van der Waals surface area contributed by atoms with Crippen molar-refractivity contribution in [1.82, 2.24) is 14.8 Å². The fourth-order valence-electron chi connectivity index (χ4n) is 1.35. The molecule has 6 heteroatoms. The van der Waals surface area contributed by atoms with Crippen LogP contribution in [0.1, 0.15) is 11.3 Å². The number of rotatable bonds is 2. The van der Waals surface area contributed by atoms with Crippen LogP contribution in [0, 0.1) is 15.9 Å². The van der Waals surface area contributed by atoms with Crippen molar-refractivity contribution in [1.29, 1.82) is 5.41 Å². The minimum Gasteiger partial charge on any atom is -0.384 e. The zero-order chi connectivity index (χ0) is 11.7. The Morgan fingerprint density at radius 1 is 1.50 bits per heavy atom. The van der Waals surface area contributed by atoms with Crippen molar-refractivity contribution < 1.29 is 0 Å².